The summed E-state index contributed by atoms with van der Waals surface area (Å²) in [6.07, 6.45) is 0. The number of aromatic nitrogens is 2. The fraction of sp³-hybridized carbons (Fsp3) is 0.636. The quantitative estimate of drug-likeness (QED) is 0.816. The second-order valence-corrected chi connectivity index (χ2v) is 4.78. The summed E-state index contributed by atoms with van der Waals surface area (Å²) in [7, 11) is 1.95. The van der Waals surface area contributed by atoms with Crippen LogP contribution in [0.5, 0.6) is 0 Å². The first kappa shape index (κ1) is 14.0. The lowest BCUT2D eigenvalue weighted by Gasteiger charge is -2.21. The minimum atomic E-state index is -0.456. The smallest absolute Gasteiger partial charge is 0.302 e. The molecule has 1 aromatic heterocycles. The fourth-order valence-corrected chi connectivity index (χ4v) is 1.52. The van der Waals surface area contributed by atoms with Gasteiger partial charge < -0.3 is 4.90 Å². The van der Waals surface area contributed by atoms with Crippen LogP contribution in [0, 0.1) is 6.92 Å². The van der Waals surface area contributed by atoms with Crippen LogP contribution >= 0.6 is 11.6 Å². The van der Waals surface area contributed by atoms with Crippen molar-refractivity contribution < 1.29 is 0 Å². The number of halogens is 1. The van der Waals surface area contributed by atoms with E-state index in [4.69, 9.17) is 11.6 Å². The summed E-state index contributed by atoms with van der Waals surface area (Å²) >= 11 is 5.73. The van der Waals surface area contributed by atoms with E-state index in [0.717, 1.165) is 0 Å². The van der Waals surface area contributed by atoms with Gasteiger partial charge in [-0.15, -0.1) is 0 Å². The summed E-state index contributed by atoms with van der Waals surface area (Å²) in [6.45, 7) is 6.71. The highest BCUT2D eigenvalue weighted by molar-refractivity contribution is 6.30. The van der Waals surface area contributed by atoms with Crippen LogP contribution in [0.15, 0.2) is 9.59 Å². The minimum Gasteiger partial charge on any atom is -0.302 e. The molecule has 0 saturated carbocycles. The van der Waals surface area contributed by atoms with Gasteiger partial charge in [0.05, 0.1) is 0 Å². The topological polar surface area (TPSA) is 58.1 Å². The summed E-state index contributed by atoms with van der Waals surface area (Å²) < 4.78 is 1.18. The van der Waals surface area contributed by atoms with E-state index in [1.807, 2.05) is 7.05 Å². The number of rotatable bonds is 4. The predicted octanol–water partition coefficient (Wildman–Crippen LogP) is 0.839. The summed E-state index contributed by atoms with van der Waals surface area (Å²) in [5, 5.41) is 0.119. The van der Waals surface area contributed by atoms with Gasteiger partial charge in [-0.25, -0.2) is 4.79 Å². The molecule has 0 aliphatic heterocycles. The lowest BCUT2D eigenvalue weighted by atomic mass is 10.3. The van der Waals surface area contributed by atoms with E-state index in [1.165, 1.54) is 4.57 Å². The highest BCUT2D eigenvalue weighted by Gasteiger charge is 2.10. The zero-order valence-electron chi connectivity index (χ0n) is 10.6. The molecule has 0 aliphatic rings. The van der Waals surface area contributed by atoms with Crippen LogP contribution < -0.4 is 11.2 Å². The Labute approximate surface area is 105 Å². The Morgan fingerprint density at radius 1 is 1.41 bits per heavy atom. The normalized spacial score (nSPS) is 11.5. The van der Waals surface area contributed by atoms with E-state index in [1.54, 1.807) is 6.92 Å². The molecule has 0 aromatic carbocycles. The maximum Gasteiger partial charge on any atom is 0.329 e. The maximum absolute atomic E-state index is 11.8. The van der Waals surface area contributed by atoms with Crippen LogP contribution in [0.25, 0.3) is 0 Å². The number of H-pyrrole nitrogens is 1. The molecule has 0 radical (unpaired) electrons. The van der Waals surface area contributed by atoms with E-state index >= 15 is 0 Å². The molecule has 0 atom stereocenters. The van der Waals surface area contributed by atoms with Crippen molar-refractivity contribution in [2.24, 2.45) is 0 Å². The summed E-state index contributed by atoms with van der Waals surface area (Å²) in [4.78, 5) is 28.0. The van der Waals surface area contributed by atoms with Crippen LogP contribution in [0.3, 0.4) is 0 Å². The molecule has 0 fully saturated rings. The van der Waals surface area contributed by atoms with Crippen molar-refractivity contribution in [3.8, 4) is 0 Å². The molecule has 0 amide bonds. The Morgan fingerprint density at radius 2 is 2.00 bits per heavy atom. The summed E-state index contributed by atoms with van der Waals surface area (Å²) in [5.74, 6) is 0. The van der Waals surface area contributed by atoms with Crippen LogP contribution in [-0.4, -0.2) is 34.1 Å². The third kappa shape index (κ3) is 3.20. The van der Waals surface area contributed by atoms with Crippen molar-refractivity contribution in [3.63, 3.8) is 0 Å². The third-order valence-corrected chi connectivity index (χ3v) is 3.29. The first-order chi connectivity index (χ1) is 7.84. The first-order valence-electron chi connectivity index (χ1n) is 5.54. The van der Waals surface area contributed by atoms with Crippen molar-refractivity contribution in [1.29, 1.82) is 0 Å². The van der Waals surface area contributed by atoms with Crippen molar-refractivity contribution in [2.75, 3.05) is 13.6 Å². The van der Waals surface area contributed by atoms with Crippen molar-refractivity contribution in [1.82, 2.24) is 14.5 Å². The summed E-state index contributed by atoms with van der Waals surface area (Å²) in [6, 6.07) is 0.373. The fourth-order valence-electron chi connectivity index (χ4n) is 1.36. The molecule has 1 N–H and O–H groups in total. The van der Waals surface area contributed by atoms with Crippen LogP contribution in [0.1, 0.15) is 19.4 Å². The van der Waals surface area contributed by atoms with Gasteiger partial charge in [0.2, 0.25) is 0 Å². The van der Waals surface area contributed by atoms with Crippen molar-refractivity contribution in [2.45, 2.75) is 33.4 Å². The van der Waals surface area contributed by atoms with Gasteiger partial charge in [0.1, 0.15) is 5.15 Å². The minimum absolute atomic E-state index is 0.119. The second-order valence-electron chi connectivity index (χ2n) is 4.40. The van der Waals surface area contributed by atoms with Gasteiger partial charge in [-0.3, -0.25) is 14.3 Å². The van der Waals surface area contributed by atoms with Gasteiger partial charge in [0.25, 0.3) is 5.56 Å². The monoisotopic (exact) mass is 259 g/mol. The molecular weight excluding hydrogens is 242 g/mol. The van der Waals surface area contributed by atoms with Crippen molar-refractivity contribution >= 4 is 11.6 Å². The molecule has 5 nitrogen and oxygen atoms in total. The average molecular weight is 260 g/mol. The first-order valence-corrected chi connectivity index (χ1v) is 5.91. The highest BCUT2D eigenvalue weighted by Crippen LogP contribution is 2.02. The number of likely N-dealkylation sites (N-methyl/N-ethyl adjacent to an activating group) is 1. The van der Waals surface area contributed by atoms with Crippen LogP contribution in [0.4, 0.5) is 0 Å². The molecular formula is C11H18ClN3O2. The molecule has 1 aromatic rings. The SMILES string of the molecule is Cc1c(Cl)[nH]c(=O)n(CCN(C)C(C)C)c1=O. The molecule has 17 heavy (non-hydrogen) atoms. The molecule has 0 spiro atoms. The largest absolute Gasteiger partial charge is 0.329 e. The van der Waals surface area contributed by atoms with Gasteiger partial charge >= 0.3 is 5.69 Å². The standard InChI is InChI=1S/C11H18ClN3O2/c1-7(2)14(4)5-6-15-10(16)8(3)9(12)13-11(15)17/h7H,5-6H2,1-4H3,(H,13,17). The van der Waals surface area contributed by atoms with Crippen molar-refractivity contribution in [3.05, 3.63) is 31.6 Å². The number of hydrogen-bond acceptors (Lipinski definition) is 3. The molecule has 96 valence electrons. The van der Waals surface area contributed by atoms with E-state index in [-0.39, 0.29) is 10.7 Å². The predicted molar refractivity (Wildman–Crippen MR) is 68.8 cm³/mol. The van der Waals surface area contributed by atoms with Gasteiger partial charge in [-0.1, -0.05) is 11.6 Å². The lowest BCUT2D eigenvalue weighted by molar-refractivity contribution is 0.260. The second kappa shape index (κ2) is 5.51. The van der Waals surface area contributed by atoms with E-state index in [0.29, 0.717) is 24.7 Å². The molecule has 0 aliphatic carbocycles. The third-order valence-electron chi connectivity index (χ3n) is 2.91. The molecule has 0 saturated heterocycles. The number of hydrogen-bond donors (Lipinski definition) is 1. The van der Waals surface area contributed by atoms with E-state index in [9.17, 15) is 9.59 Å². The van der Waals surface area contributed by atoms with E-state index in [2.05, 4.69) is 23.7 Å². The zero-order valence-corrected chi connectivity index (χ0v) is 11.3. The number of aromatic amines is 1. The molecule has 1 heterocycles. The Bertz CT molecular complexity index is 504. The molecule has 0 bridgehead atoms. The Balaban J connectivity index is 2.97. The van der Waals surface area contributed by atoms with Gasteiger partial charge in [0.15, 0.2) is 0 Å². The van der Waals surface area contributed by atoms with Gasteiger partial charge in [-0.05, 0) is 27.8 Å². The maximum atomic E-state index is 11.8. The van der Waals surface area contributed by atoms with Crippen LogP contribution in [0.2, 0.25) is 5.15 Å². The Hall–Kier alpha value is -1.07. The molecule has 0 unspecified atom stereocenters. The van der Waals surface area contributed by atoms with Crippen LogP contribution in [-0.2, 0) is 6.54 Å². The summed E-state index contributed by atoms with van der Waals surface area (Å²) in [5.41, 5.74) is -0.405. The number of nitrogens with one attached hydrogen (secondary N) is 1. The zero-order chi connectivity index (χ0) is 13.2. The lowest BCUT2D eigenvalue weighted by Crippen LogP contribution is -2.40. The average Bonchev–Trinajstić information content (AvgIpc) is 2.25. The van der Waals surface area contributed by atoms with Gasteiger partial charge in [0, 0.05) is 24.7 Å². The molecule has 1 rings (SSSR count). The highest BCUT2D eigenvalue weighted by atomic mass is 35.5. The molecule has 6 heteroatoms. The Kier molecular flexibility index (Phi) is 4.54. The number of nitrogens with zero attached hydrogens (tertiary/aromatic N) is 2. The van der Waals surface area contributed by atoms with E-state index < -0.39 is 5.69 Å². The van der Waals surface area contributed by atoms with Gasteiger partial charge in [-0.2, -0.15) is 0 Å². The Morgan fingerprint density at radius 3 is 2.53 bits per heavy atom.